The Labute approximate surface area is 267 Å². The molecule has 0 aliphatic heterocycles. The van der Waals surface area contributed by atoms with Crippen LogP contribution in [0.4, 0.5) is 0 Å². The van der Waals surface area contributed by atoms with Crippen LogP contribution in [0.1, 0.15) is 98.8 Å². The highest BCUT2D eigenvalue weighted by molar-refractivity contribution is 5.97. The summed E-state index contributed by atoms with van der Waals surface area (Å²) in [7, 11) is 0. The molecule has 45 heavy (non-hydrogen) atoms. The molecule has 0 aromatic heterocycles. The van der Waals surface area contributed by atoms with E-state index >= 15 is 0 Å². The molecule has 0 saturated heterocycles. The van der Waals surface area contributed by atoms with Gasteiger partial charge in [-0.25, -0.2) is 9.59 Å². The number of ether oxygens (including phenoxy) is 6. The number of esters is 6. The lowest BCUT2D eigenvalue weighted by atomic mass is 9.96. The Hall–Kier alpha value is -3.70. The van der Waals surface area contributed by atoms with Crippen LogP contribution in [0.3, 0.4) is 0 Å². The Bertz CT molecular complexity index is 986. The molecule has 12 heteroatoms. The van der Waals surface area contributed by atoms with Crippen LogP contribution in [-0.4, -0.2) is 75.0 Å². The van der Waals surface area contributed by atoms with Crippen LogP contribution in [0.2, 0.25) is 0 Å². The summed E-state index contributed by atoms with van der Waals surface area (Å²) < 4.78 is 31.3. The summed E-state index contributed by atoms with van der Waals surface area (Å²) in [6.45, 7) is 16.5. The lowest BCUT2D eigenvalue weighted by Gasteiger charge is -2.21. The molecule has 0 radical (unpaired) electrons. The summed E-state index contributed by atoms with van der Waals surface area (Å²) in [6.07, 6.45) is 3.56. The highest BCUT2D eigenvalue weighted by atomic mass is 16.6. The molecule has 0 amide bonds. The molecule has 0 aliphatic rings. The molecule has 0 aromatic carbocycles. The Kier molecular flexibility index (Phi) is 22.6. The van der Waals surface area contributed by atoms with Crippen molar-refractivity contribution in [2.75, 3.05) is 33.0 Å². The number of hydrogen-bond donors (Lipinski definition) is 0. The van der Waals surface area contributed by atoms with E-state index in [1.807, 2.05) is 27.7 Å². The molecule has 0 aliphatic carbocycles. The van der Waals surface area contributed by atoms with Crippen molar-refractivity contribution in [1.29, 1.82) is 0 Å². The average molecular weight is 641 g/mol. The van der Waals surface area contributed by atoms with Crippen LogP contribution < -0.4 is 0 Å². The number of unbranched alkanes of at least 4 members (excludes halogenated alkanes) is 4. The van der Waals surface area contributed by atoms with Crippen LogP contribution in [0.5, 0.6) is 0 Å². The normalized spacial score (nSPS) is 12.6. The molecule has 3 atom stereocenters. The third-order valence-electron chi connectivity index (χ3n) is 6.44. The van der Waals surface area contributed by atoms with Crippen molar-refractivity contribution in [2.24, 2.45) is 11.8 Å². The van der Waals surface area contributed by atoms with E-state index in [1.54, 1.807) is 0 Å². The summed E-state index contributed by atoms with van der Waals surface area (Å²) >= 11 is 0. The van der Waals surface area contributed by atoms with Gasteiger partial charge in [0.1, 0.15) is 12.7 Å². The van der Waals surface area contributed by atoms with Gasteiger partial charge in [0, 0.05) is 11.1 Å². The molecule has 0 rings (SSSR count). The van der Waals surface area contributed by atoms with Gasteiger partial charge in [0.15, 0.2) is 0 Å². The van der Waals surface area contributed by atoms with Gasteiger partial charge in [0.25, 0.3) is 0 Å². The van der Waals surface area contributed by atoms with Crippen molar-refractivity contribution in [3.05, 3.63) is 24.3 Å². The molecule has 0 heterocycles. The lowest BCUT2D eigenvalue weighted by Crippen LogP contribution is -2.33. The third-order valence-corrected chi connectivity index (χ3v) is 6.44. The van der Waals surface area contributed by atoms with Gasteiger partial charge in [-0.1, -0.05) is 66.5 Å². The van der Waals surface area contributed by atoms with Gasteiger partial charge < -0.3 is 28.4 Å². The fourth-order valence-electron chi connectivity index (χ4n) is 3.51. The molecule has 0 saturated carbocycles. The minimum Gasteiger partial charge on any atom is -0.466 e. The van der Waals surface area contributed by atoms with Gasteiger partial charge in [-0.05, 0) is 32.6 Å². The SMILES string of the molecule is C=C(C(=O)OCCCC)C(CC(=O)OCCCC)C(=O)OCC(C)OC(=O)C(CC(=O)OCCCC)C(=C)C(=O)OCCCC. The zero-order chi connectivity index (χ0) is 34.2. The smallest absolute Gasteiger partial charge is 0.334 e. The van der Waals surface area contributed by atoms with E-state index in [9.17, 15) is 28.8 Å². The Morgan fingerprint density at radius 1 is 0.533 bits per heavy atom. The Morgan fingerprint density at radius 3 is 1.27 bits per heavy atom. The number of carbonyl (C=O) groups is 6. The summed E-state index contributed by atoms with van der Waals surface area (Å²) in [5.41, 5.74) is -0.542. The Balaban J connectivity index is 5.54. The summed E-state index contributed by atoms with van der Waals surface area (Å²) in [4.78, 5) is 75.9. The molecule has 3 unspecified atom stereocenters. The molecule has 0 bridgehead atoms. The zero-order valence-electron chi connectivity index (χ0n) is 27.7. The maximum absolute atomic E-state index is 13.1. The molecule has 0 aromatic rings. The van der Waals surface area contributed by atoms with Crippen LogP contribution in [0.15, 0.2) is 24.3 Å². The number of carbonyl (C=O) groups excluding carboxylic acids is 6. The maximum atomic E-state index is 13.1. The quantitative estimate of drug-likeness (QED) is 0.0572. The first-order valence-corrected chi connectivity index (χ1v) is 15.8. The largest absolute Gasteiger partial charge is 0.466 e. The summed E-state index contributed by atoms with van der Waals surface area (Å²) in [5.74, 6) is -7.84. The van der Waals surface area contributed by atoms with Crippen molar-refractivity contribution >= 4 is 35.8 Å². The first-order chi connectivity index (χ1) is 21.4. The predicted molar refractivity (Wildman–Crippen MR) is 164 cm³/mol. The minimum absolute atomic E-state index is 0.119. The topological polar surface area (TPSA) is 158 Å². The fourth-order valence-corrected chi connectivity index (χ4v) is 3.51. The highest BCUT2D eigenvalue weighted by Gasteiger charge is 2.34. The fraction of sp³-hybridized carbons (Fsp3) is 0.697. The van der Waals surface area contributed by atoms with Gasteiger partial charge in [-0.15, -0.1) is 0 Å². The zero-order valence-corrected chi connectivity index (χ0v) is 27.7. The second-order valence-corrected chi connectivity index (χ2v) is 10.6. The van der Waals surface area contributed by atoms with Gasteiger partial charge >= 0.3 is 35.8 Å². The molecule has 256 valence electrons. The molecule has 12 nitrogen and oxygen atoms in total. The summed E-state index contributed by atoms with van der Waals surface area (Å²) in [6, 6.07) is 0. The van der Waals surface area contributed by atoms with E-state index in [4.69, 9.17) is 28.4 Å². The minimum atomic E-state index is -1.39. The van der Waals surface area contributed by atoms with Crippen LogP contribution in [0, 0.1) is 11.8 Å². The number of rotatable bonds is 25. The monoisotopic (exact) mass is 640 g/mol. The second kappa shape index (κ2) is 24.6. The standard InChI is InChI=1S/C33H52O12/c1-8-12-16-40-28(34)20-26(24(6)30(36)42-18-14-10-3)32(38)44-22-23(5)45-33(39)27(21-29(35)41-17-13-9-2)25(7)31(37)43-19-15-11-4/h23,26-27H,6-22H2,1-5H3. The predicted octanol–water partition coefficient (Wildman–Crippen LogP) is 4.96. The summed E-state index contributed by atoms with van der Waals surface area (Å²) in [5, 5.41) is 0. The van der Waals surface area contributed by atoms with E-state index in [0.29, 0.717) is 25.7 Å². The van der Waals surface area contributed by atoms with Crippen LogP contribution >= 0.6 is 0 Å². The molecule has 0 fully saturated rings. The average Bonchev–Trinajstić information content (AvgIpc) is 3.00. The van der Waals surface area contributed by atoms with Gasteiger partial charge in [-0.3, -0.25) is 19.2 Å². The van der Waals surface area contributed by atoms with Crippen LogP contribution in [0.25, 0.3) is 0 Å². The number of hydrogen-bond acceptors (Lipinski definition) is 12. The second-order valence-electron chi connectivity index (χ2n) is 10.6. The van der Waals surface area contributed by atoms with Crippen molar-refractivity contribution in [3.8, 4) is 0 Å². The van der Waals surface area contributed by atoms with E-state index in [2.05, 4.69) is 13.2 Å². The van der Waals surface area contributed by atoms with E-state index in [0.717, 1.165) is 25.7 Å². The Morgan fingerprint density at radius 2 is 0.889 bits per heavy atom. The van der Waals surface area contributed by atoms with Crippen molar-refractivity contribution in [3.63, 3.8) is 0 Å². The third kappa shape index (κ3) is 18.0. The van der Waals surface area contributed by atoms with Gasteiger partial charge in [-0.2, -0.15) is 0 Å². The lowest BCUT2D eigenvalue weighted by molar-refractivity contribution is -0.165. The maximum Gasteiger partial charge on any atom is 0.334 e. The van der Waals surface area contributed by atoms with E-state index in [1.165, 1.54) is 6.92 Å². The molecule has 0 N–H and O–H groups in total. The van der Waals surface area contributed by atoms with Gasteiger partial charge in [0.2, 0.25) is 0 Å². The first-order valence-electron chi connectivity index (χ1n) is 15.8. The van der Waals surface area contributed by atoms with Crippen molar-refractivity contribution < 1.29 is 57.2 Å². The van der Waals surface area contributed by atoms with Crippen LogP contribution in [-0.2, 0) is 57.2 Å². The first kappa shape index (κ1) is 41.3. The highest BCUT2D eigenvalue weighted by Crippen LogP contribution is 2.22. The van der Waals surface area contributed by atoms with E-state index < -0.39 is 73.2 Å². The van der Waals surface area contributed by atoms with E-state index in [-0.39, 0.29) is 37.6 Å². The van der Waals surface area contributed by atoms with Crippen molar-refractivity contribution in [1.82, 2.24) is 0 Å². The van der Waals surface area contributed by atoms with Gasteiger partial charge in [0.05, 0.1) is 51.1 Å². The molecular formula is C33H52O12. The van der Waals surface area contributed by atoms with Crippen molar-refractivity contribution in [2.45, 2.75) is 105 Å². The molecular weight excluding hydrogens is 588 g/mol. The molecule has 0 spiro atoms.